The van der Waals surface area contributed by atoms with Crippen LogP contribution in [0.4, 0.5) is 10.5 Å². The zero-order valence-electron chi connectivity index (χ0n) is 12.2. The minimum Gasteiger partial charge on any atom is -0.496 e. The topological polar surface area (TPSA) is 63.2 Å². The van der Waals surface area contributed by atoms with E-state index >= 15 is 0 Å². The molecular formula is C15H14BrCl2N3O2. The van der Waals surface area contributed by atoms with E-state index in [1.165, 1.54) is 12.1 Å². The third kappa shape index (κ3) is 5.57. The van der Waals surface area contributed by atoms with Crippen LogP contribution in [0.2, 0.25) is 10.3 Å². The van der Waals surface area contributed by atoms with Gasteiger partial charge in [0.1, 0.15) is 16.1 Å². The zero-order valence-corrected chi connectivity index (χ0v) is 15.3. The quantitative estimate of drug-likeness (QED) is 0.701. The SMILES string of the molecule is COc1ccc(Br)cc1CCNC(=O)Nc1cc(Cl)nc(Cl)c1. The normalized spacial score (nSPS) is 10.3. The molecular weight excluding hydrogens is 405 g/mol. The number of rotatable bonds is 5. The van der Waals surface area contributed by atoms with Crippen LogP contribution in [0.5, 0.6) is 5.75 Å². The van der Waals surface area contributed by atoms with Crippen LogP contribution >= 0.6 is 39.1 Å². The van der Waals surface area contributed by atoms with E-state index in [9.17, 15) is 4.79 Å². The summed E-state index contributed by atoms with van der Waals surface area (Å²) >= 11 is 15.0. The van der Waals surface area contributed by atoms with Gasteiger partial charge in [-0.1, -0.05) is 39.1 Å². The second-order valence-corrected chi connectivity index (χ2v) is 6.28. The molecule has 0 saturated carbocycles. The maximum atomic E-state index is 11.9. The van der Waals surface area contributed by atoms with Crippen LogP contribution in [0.3, 0.4) is 0 Å². The van der Waals surface area contributed by atoms with Crippen LogP contribution < -0.4 is 15.4 Å². The van der Waals surface area contributed by atoms with Crippen LogP contribution in [0.1, 0.15) is 5.56 Å². The zero-order chi connectivity index (χ0) is 16.8. The number of ether oxygens (including phenoxy) is 1. The number of nitrogens with one attached hydrogen (secondary N) is 2. The fourth-order valence-electron chi connectivity index (χ4n) is 1.97. The summed E-state index contributed by atoms with van der Waals surface area (Å²) in [7, 11) is 1.61. The van der Waals surface area contributed by atoms with Crippen LogP contribution in [0, 0.1) is 0 Å². The Morgan fingerprint density at radius 1 is 1.26 bits per heavy atom. The van der Waals surface area contributed by atoms with Crippen molar-refractivity contribution in [2.75, 3.05) is 19.0 Å². The van der Waals surface area contributed by atoms with Gasteiger partial charge in [0.2, 0.25) is 0 Å². The number of halogens is 3. The molecule has 0 saturated heterocycles. The number of carbonyl (C=O) groups excluding carboxylic acids is 1. The summed E-state index contributed by atoms with van der Waals surface area (Å²) in [5.74, 6) is 0.781. The molecule has 0 atom stereocenters. The van der Waals surface area contributed by atoms with Crippen LogP contribution in [-0.4, -0.2) is 24.7 Å². The Bertz CT molecular complexity index is 693. The first-order chi connectivity index (χ1) is 11.0. The summed E-state index contributed by atoms with van der Waals surface area (Å²) < 4.78 is 6.25. The first-order valence-electron chi connectivity index (χ1n) is 6.68. The van der Waals surface area contributed by atoms with Crippen molar-refractivity contribution in [1.82, 2.24) is 10.3 Å². The maximum Gasteiger partial charge on any atom is 0.319 e. The van der Waals surface area contributed by atoms with Crippen LogP contribution in [0.15, 0.2) is 34.8 Å². The number of amides is 2. The lowest BCUT2D eigenvalue weighted by Crippen LogP contribution is -2.30. The number of methoxy groups -OCH3 is 1. The molecule has 5 nitrogen and oxygen atoms in total. The van der Waals surface area contributed by atoms with Crippen molar-refractivity contribution in [2.24, 2.45) is 0 Å². The van der Waals surface area contributed by atoms with E-state index in [1.807, 2.05) is 18.2 Å². The first-order valence-corrected chi connectivity index (χ1v) is 8.23. The minimum absolute atomic E-state index is 0.215. The molecule has 8 heteroatoms. The molecule has 1 heterocycles. The van der Waals surface area contributed by atoms with Crippen molar-refractivity contribution < 1.29 is 9.53 Å². The second kappa shape index (κ2) is 8.38. The largest absolute Gasteiger partial charge is 0.496 e. The monoisotopic (exact) mass is 417 g/mol. The average Bonchev–Trinajstić information content (AvgIpc) is 2.46. The van der Waals surface area contributed by atoms with Crippen LogP contribution in [0.25, 0.3) is 0 Å². The van der Waals surface area contributed by atoms with Gasteiger partial charge < -0.3 is 15.4 Å². The van der Waals surface area contributed by atoms with E-state index in [-0.39, 0.29) is 16.3 Å². The molecule has 23 heavy (non-hydrogen) atoms. The predicted molar refractivity (Wildman–Crippen MR) is 95.7 cm³/mol. The Morgan fingerprint density at radius 3 is 2.61 bits per heavy atom. The molecule has 122 valence electrons. The van der Waals surface area contributed by atoms with Crippen molar-refractivity contribution in [3.8, 4) is 5.75 Å². The van der Waals surface area contributed by atoms with Gasteiger partial charge in [-0.25, -0.2) is 9.78 Å². The molecule has 0 aliphatic heterocycles. The average molecular weight is 419 g/mol. The van der Waals surface area contributed by atoms with Gasteiger partial charge in [0.15, 0.2) is 0 Å². The number of hydrogen-bond acceptors (Lipinski definition) is 3. The summed E-state index contributed by atoms with van der Waals surface area (Å²) in [6, 6.07) is 8.42. The van der Waals surface area contributed by atoms with Crippen molar-refractivity contribution >= 4 is 50.9 Å². The van der Waals surface area contributed by atoms with Gasteiger partial charge in [-0.15, -0.1) is 0 Å². The highest BCUT2D eigenvalue weighted by molar-refractivity contribution is 9.10. The number of urea groups is 1. The molecule has 0 aliphatic carbocycles. The molecule has 2 amide bonds. The third-order valence-electron chi connectivity index (χ3n) is 2.94. The van der Waals surface area contributed by atoms with Crippen molar-refractivity contribution in [3.05, 3.63) is 50.7 Å². The standard InChI is InChI=1S/C15H14BrCl2N3O2/c1-23-12-3-2-10(16)6-9(12)4-5-19-15(22)20-11-7-13(17)21-14(18)8-11/h2-3,6-8H,4-5H2,1H3,(H2,19,20,21,22). The Morgan fingerprint density at radius 2 is 1.96 bits per heavy atom. The number of benzene rings is 1. The molecule has 1 aromatic carbocycles. The minimum atomic E-state index is -0.350. The number of carbonyl (C=O) groups is 1. The number of nitrogens with zero attached hydrogens (tertiary/aromatic N) is 1. The van der Waals surface area contributed by atoms with Gasteiger partial charge in [0.05, 0.1) is 7.11 Å². The number of anilines is 1. The van der Waals surface area contributed by atoms with Gasteiger partial charge in [-0.2, -0.15) is 0 Å². The molecule has 2 N–H and O–H groups in total. The van der Waals surface area contributed by atoms with E-state index in [0.29, 0.717) is 18.7 Å². The molecule has 0 bridgehead atoms. The fraction of sp³-hybridized carbons (Fsp3) is 0.200. The molecule has 0 aliphatic rings. The molecule has 0 spiro atoms. The second-order valence-electron chi connectivity index (χ2n) is 4.59. The lowest BCUT2D eigenvalue weighted by atomic mass is 10.1. The van der Waals surface area contributed by atoms with Gasteiger partial charge in [0.25, 0.3) is 0 Å². The van der Waals surface area contributed by atoms with E-state index in [0.717, 1.165) is 15.8 Å². The molecule has 0 fully saturated rings. The van der Waals surface area contributed by atoms with Gasteiger partial charge in [-0.3, -0.25) is 0 Å². The Labute approximate surface area is 152 Å². The van der Waals surface area contributed by atoms with Crippen LogP contribution in [-0.2, 0) is 6.42 Å². The summed E-state index contributed by atoms with van der Waals surface area (Å²) in [6.07, 6.45) is 0.633. The summed E-state index contributed by atoms with van der Waals surface area (Å²) in [5, 5.41) is 5.84. The van der Waals surface area contributed by atoms with Gasteiger partial charge in [0, 0.05) is 16.7 Å². The van der Waals surface area contributed by atoms with Crippen molar-refractivity contribution in [3.63, 3.8) is 0 Å². The lowest BCUT2D eigenvalue weighted by Gasteiger charge is -2.11. The Kier molecular flexibility index (Phi) is 6.50. The molecule has 1 aromatic heterocycles. The number of aromatic nitrogens is 1. The molecule has 0 radical (unpaired) electrons. The number of pyridine rings is 1. The Hall–Kier alpha value is -1.50. The molecule has 2 rings (SSSR count). The Balaban J connectivity index is 1.89. The van der Waals surface area contributed by atoms with Crippen molar-refractivity contribution in [1.29, 1.82) is 0 Å². The highest BCUT2D eigenvalue weighted by Crippen LogP contribution is 2.23. The highest BCUT2D eigenvalue weighted by Gasteiger charge is 2.07. The molecule has 0 unspecified atom stereocenters. The van der Waals surface area contributed by atoms with E-state index in [2.05, 4.69) is 31.5 Å². The van der Waals surface area contributed by atoms with E-state index in [4.69, 9.17) is 27.9 Å². The van der Waals surface area contributed by atoms with Gasteiger partial charge >= 0.3 is 6.03 Å². The summed E-state index contributed by atoms with van der Waals surface area (Å²) in [5.41, 5.74) is 1.48. The van der Waals surface area contributed by atoms with Crippen molar-refractivity contribution in [2.45, 2.75) is 6.42 Å². The van der Waals surface area contributed by atoms with Gasteiger partial charge in [-0.05, 0) is 42.3 Å². The maximum absolute atomic E-state index is 11.9. The lowest BCUT2D eigenvalue weighted by molar-refractivity contribution is 0.252. The smallest absolute Gasteiger partial charge is 0.319 e. The first kappa shape index (κ1) is 17.8. The van der Waals surface area contributed by atoms with E-state index in [1.54, 1.807) is 7.11 Å². The highest BCUT2D eigenvalue weighted by atomic mass is 79.9. The number of hydrogen-bond donors (Lipinski definition) is 2. The fourth-order valence-corrected chi connectivity index (χ4v) is 2.83. The summed E-state index contributed by atoms with van der Waals surface area (Å²) in [4.78, 5) is 15.7. The summed E-state index contributed by atoms with van der Waals surface area (Å²) in [6.45, 7) is 0.450. The predicted octanol–water partition coefficient (Wildman–Crippen LogP) is 4.52. The van der Waals surface area contributed by atoms with E-state index < -0.39 is 0 Å². The molecule has 2 aromatic rings. The third-order valence-corrected chi connectivity index (χ3v) is 3.82.